The third-order valence-electron chi connectivity index (χ3n) is 9.26. The van der Waals surface area contributed by atoms with Crippen molar-refractivity contribution in [3.63, 3.8) is 0 Å². The molecule has 5 fully saturated rings. The molecule has 7 rings (SSSR count). The van der Waals surface area contributed by atoms with Gasteiger partial charge in [-0.1, -0.05) is 0 Å². The van der Waals surface area contributed by atoms with Crippen LogP contribution in [0.1, 0.15) is 6.42 Å². The summed E-state index contributed by atoms with van der Waals surface area (Å²) in [5.41, 5.74) is 5.94. The van der Waals surface area contributed by atoms with Gasteiger partial charge in [0.05, 0.1) is 31.8 Å². The molecular weight excluding hydrogens is 516 g/mol. The molecule has 0 spiro atoms. The molecule has 198 valence electrons. The quantitative estimate of drug-likeness (QED) is 0.366. The number of nitro benzene ring substituents is 4. The van der Waals surface area contributed by atoms with Crippen molar-refractivity contribution in [1.29, 1.82) is 0 Å². The molecule has 0 amide bonds. The molecule has 2 bridgehead atoms. The average Bonchev–Trinajstić information content (AvgIpc) is 3.44. The largest absolute Gasteiger partial charge is 0.301 e. The lowest BCUT2D eigenvalue weighted by atomic mass is 9.59. The van der Waals surface area contributed by atoms with E-state index < -0.39 is 31.1 Å². The number of fused-ring (bicyclic) bond motifs is 2. The Kier molecular flexibility index (Phi) is 4.59. The van der Waals surface area contributed by atoms with Gasteiger partial charge in [0.2, 0.25) is 0 Å². The van der Waals surface area contributed by atoms with Crippen molar-refractivity contribution in [3.8, 4) is 0 Å². The third-order valence-corrected chi connectivity index (χ3v) is 9.26. The molecule has 0 aromatic heterocycles. The molecule has 0 saturated heterocycles. The molecule has 16 heteroatoms. The first-order valence-corrected chi connectivity index (χ1v) is 12.2. The number of nitrogens with zero attached hydrogens (tertiary/aromatic N) is 6. The number of non-ortho nitro benzene ring substituents is 2. The van der Waals surface area contributed by atoms with Crippen molar-refractivity contribution >= 4 is 45.5 Å². The van der Waals surface area contributed by atoms with E-state index in [1.807, 2.05) is 0 Å². The van der Waals surface area contributed by atoms with E-state index >= 15 is 0 Å². The maximum absolute atomic E-state index is 11.5. The second kappa shape index (κ2) is 7.75. The van der Waals surface area contributed by atoms with Crippen LogP contribution >= 0.6 is 0 Å². The Morgan fingerprint density at radius 3 is 1.38 bits per heavy atom. The van der Waals surface area contributed by atoms with Gasteiger partial charge in [0, 0.05) is 47.2 Å². The molecule has 2 aromatic carbocycles. The molecular formula is C23H18N8O8. The van der Waals surface area contributed by atoms with Crippen LogP contribution in [0.25, 0.3) is 0 Å². The van der Waals surface area contributed by atoms with Gasteiger partial charge in [-0.15, -0.1) is 0 Å². The Balaban J connectivity index is 1.18. The minimum atomic E-state index is -0.696. The standard InChI is InChI=1S/C23H18N8O8/c32-28(33)8-1-3-12(14(5-8)30(36)37)24-26-22-18-10-7-11-17-16(10)20(22)21(17)23(19(11)18)27-25-13-4-2-9(29(34)35)6-15(13)31(38)39/h1-6,10-11,16-21,24-25H,7H2/b26-22-,27-23+. The molecule has 39 heavy (non-hydrogen) atoms. The molecule has 0 heterocycles. The van der Waals surface area contributed by atoms with Crippen LogP contribution in [-0.2, 0) is 0 Å². The summed E-state index contributed by atoms with van der Waals surface area (Å²) in [6, 6.07) is 6.72. The lowest BCUT2D eigenvalue weighted by Crippen LogP contribution is -2.48. The lowest BCUT2D eigenvalue weighted by Gasteiger charge is -2.44. The molecule has 5 saturated carbocycles. The Morgan fingerprint density at radius 1 is 0.615 bits per heavy atom. The normalized spacial score (nSPS) is 33.9. The number of hydrazone groups is 2. The van der Waals surface area contributed by atoms with Crippen LogP contribution in [0.2, 0.25) is 0 Å². The Bertz CT molecular complexity index is 1470. The number of hydrogen-bond acceptors (Lipinski definition) is 12. The van der Waals surface area contributed by atoms with Gasteiger partial charge < -0.3 is 0 Å². The third kappa shape index (κ3) is 2.98. The van der Waals surface area contributed by atoms with E-state index in [9.17, 15) is 40.5 Å². The number of rotatable bonds is 8. The maximum Gasteiger partial charge on any atom is 0.301 e. The highest BCUT2D eigenvalue weighted by molar-refractivity contribution is 6.11. The topological polar surface area (TPSA) is 221 Å². The Morgan fingerprint density at radius 2 is 1.03 bits per heavy atom. The molecule has 5 aliphatic carbocycles. The van der Waals surface area contributed by atoms with E-state index in [2.05, 4.69) is 21.1 Å². The minimum Gasteiger partial charge on any atom is -0.272 e. The van der Waals surface area contributed by atoms with Gasteiger partial charge in [0.25, 0.3) is 11.4 Å². The summed E-state index contributed by atoms with van der Waals surface area (Å²) in [7, 11) is 0. The van der Waals surface area contributed by atoms with Crippen molar-refractivity contribution < 1.29 is 19.7 Å². The summed E-state index contributed by atoms with van der Waals surface area (Å²) in [6.07, 6.45) is 1.03. The van der Waals surface area contributed by atoms with E-state index in [1.165, 1.54) is 24.3 Å². The van der Waals surface area contributed by atoms with Gasteiger partial charge in [-0.3, -0.25) is 51.3 Å². The number of nitro groups is 4. The monoisotopic (exact) mass is 534 g/mol. The minimum absolute atomic E-state index is 0.0671. The van der Waals surface area contributed by atoms with Crippen molar-refractivity contribution in [3.05, 3.63) is 76.9 Å². The fraction of sp³-hybridized carbons (Fsp3) is 0.391. The molecule has 16 nitrogen and oxygen atoms in total. The van der Waals surface area contributed by atoms with E-state index in [-0.39, 0.29) is 46.4 Å². The van der Waals surface area contributed by atoms with Crippen molar-refractivity contribution in [1.82, 2.24) is 0 Å². The van der Waals surface area contributed by atoms with Gasteiger partial charge in [0.15, 0.2) is 0 Å². The Labute approximate surface area is 217 Å². The molecule has 2 aromatic rings. The SMILES string of the molecule is O=[N+]([O-])c1ccc(N/N=C2/C3C4CC5C3/C(=N\Nc3ccc([N+](=O)[O-])cc3[N+](=O)[O-])C3C2C4C53)c([N+](=O)[O-])c1. The zero-order chi connectivity index (χ0) is 27.3. The summed E-state index contributed by atoms with van der Waals surface area (Å²) in [5, 5.41) is 54.3. The molecule has 0 aliphatic heterocycles. The maximum atomic E-state index is 11.5. The smallest absolute Gasteiger partial charge is 0.272 e. The van der Waals surface area contributed by atoms with Gasteiger partial charge in [-0.05, 0) is 42.2 Å². The first-order chi connectivity index (χ1) is 18.7. The molecule has 5 aliphatic rings. The van der Waals surface area contributed by atoms with Crippen LogP contribution in [0.5, 0.6) is 0 Å². The lowest BCUT2D eigenvalue weighted by molar-refractivity contribution is -0.393. The first kappa shape index (κ1) is 23.1. The van der Waals surface area contributed by atoms with Crippen molar-refractivity contribution in [2.75, 3.05) is 10.9 Å². The van der Waals surface area contributed by atoms with E-state index in [0.29, 0.717) is 23.7 Å². The van der Waals surface area contributed by atoms with E-state index in [1.54, 1.807) is 0 Å². The molecule has 0 radical (unpaired) electrons. The van der Waals surface area contributed by atoms with Crippen LogP contribution in [0.4, 0.5) is 34.1 Å². The second-order valence-corrected chi connectivity index (χ2v) is 10.5. The highest BCUT2D eigenvalue weighted by atomic mass is 16.6. The molecule has 8 atom stereocenters. The van der Waals surface area contributed by atoms with Gasteiger partial charge in [-0.25, -0.2) is 0 Å². The number of benzene rings is 2. The van der Waals surface area contributed by atoms with Crippen LogP contribution in [0, 0.1) is 87.8 Å². The number of nitrogens with one attached hydrogen (secondary N) is 2. The summed E-state index contributed by atoms with van der Waals surface area (Å²) in [6.45, 7) is 0. The summed E-state index contributed by atoms with van der Waals surface area (Å²) in [5.74, 6) is 2.16. The Hall–Kier alpha value is -5.02. The van der Waals surface area contributed by atoms with Crippen molar-refractivity contribution in [2.45, 2.75) is 6.42 Å². The van der Waals surface area contributed by atoms with Gasteiger partial charge >= 0.3 is 11.4 Å². The highest BCUT2D eigenvalue weighted by Gasteiger charge is 2.82. The second-order valence-electron chi connectivity index (χ2n) is 10.5. The summed E-state index contributed by atoms with van der Waals surface area (Å²) in [4.78, 5) is 42.3. The van der Waals surface area contributed by atoms with Crippen LogP contribution in [0.3, 0.4) is 0 Å². The van der Waals surface area contributed by atoms with Crippen LogP contribution < -0.4 is 10.9 Å². The van der Waals surface area contributed by atoms with Crippen molar-refractivity contribution in [2.24, 2.45) is 57.5 Å². The highest BCUT2D eigenvalue weighted by Crippen LogP contribution is 2.81. The zero-order valence-corrected chi connectivity index (χ0v) is 19.7. The van der Waals surface area contributed by atoms with Gasteiger partial charge in [0.1, 0.15) is 11.4 Å². The van der Waals surface area contributed by atoms with Gasteiger partial charge in [-0.2, -0.15) is 10.2 Å². The fourth-order valence-electron chi connectivity index (χ4n) is 8.17. The fourth-order valence-corrected chi connectivity index (χ4v) is 8.17. The number of anilines is 2. The average molecular weight is 534 g/mol. The van der Waals surface area contributed by atoms with E-state index in [4.69, 9.17) is 0 Å². The van der Waals surface area contributed by atoms with E-state index in [0.717, 1.165) is 30.0 Å². The van der Waals surface area contributed by atoms with Crippen LogP contribution in [-0.4, -0.2) is 31.1 Å². The summed E-state index contributed by atoms with van der Waals surface area (Å²) < 4.78 is 0. The van der Waals surface area contributed by atoms with Crippen LogP contribution in [0.15, 0.2) is 46.6 Å². The predicted molar refractivity (Wildman–Crippen MR) is 134 cm³/mol. The molecule has 8 unspecified atom stereocenters. The first-order valence-electron chi connectivity index (χ1n) is 12.2. The predicted octanol–water partition coefficient (Wildman–Crippen LogP) is 3.94. The summed E-state index contributed by atoms with van der Waals surface area (Å²) >= 11 is 0. The molecule has 2 N–H and O–H groups in total. The zero-order valence-electron chi connectivity index (χ0n) is 19.7. The number of hydrogen-bond donors (Lipinski definition) is 2.